The fourth-order valence-electron chi connectivity index (χ4n) is 4.98. The summed E-state index contributed by atoms with van der Waals surface area (Å²) in [7, 11) is 0. The third-order valence-electron chi connectivity index (χ3n) is 7.86. The highest BCUT2D eigenvalue weighted by atomic mass is 16.6. The standard InChI is InChI=1S/C40H66O6/c1-4-5-23-29-37-38(46-37)30-25-20-16-12-8-6-7-9-13-17-21-26-31-39(42)44-33-36(41)34-45-40(43)32-27-22-18-14-10-11-15-19-24-28-35(2)3/h5,7-9,12,17,20-21,23,25,35-38,41H,4,6,10-11,13-16,18-19,22,24,26-34H2,1-3H3/b9-7-,12-8-,21-17-,23-5-,25-20-/t36-,37?,38?/m1/s1. The number of aliphatic hydroxyl groups is 1. The molecule has 1 aliphatic rings. The van der Waals surface area contributed by atoms with Crippen LogP contribution in [0.5, 0.6) is 0 Å². The van der Waals surface area contributed by atoms with Gasteiger partial charge in [0.15, 0.2) is 0 Å². The second-order valence-corrected chi connectivity index (χ2v) is 12.8. The van der Waals surface area contributed by atoms with Crippen molar-refractivity contribution in [3.05, 3.63) is 60.8 Å². The minimum Gasteiger partial charge on any atom is -0.463 e. The summed E-state index contributed by atoms with van der Waals surface area (Å²) in [5.41, 5.74) is 0. The summed E-state index contributed by atoms with van der Waals surface area (Å²) in [6.45, 7) is 6.41. The Morgan fingerprint density at radius 1 is 0.630 bits per heavy atom. The number of ether oxygens (including phenoxy) is 3. The lowest BCUT2D eigenvalue weighted by atomic mass is 10.0. The Hall–Kier alpha value is -2.44. The van der Waals surface area contributed by atoms with Crippen LogP contribution in [-0.2, 0) is 23.8 Å². The normalized spacial score (nSPS) is 17.4. The van der Waals surface area contributed by atoms with Gasteiger partial charge in [-0.2, -0.15) is 0 Å². The van der Waals surface area contributed by atoms with Gasteiger partial charge in [-0.3, -0.25) is 9.59 Å². The summed E-state index contributed by atoms with van der Waals surface area (Å²) in [5.74, 6) is 0.142. The molecule has 1 fully saturated rings. The summed E-state index contributed by atoms with van der Waals surface area (Å²) in [6, 6.07) is 0. The molecular weight excluding hydrogens is 576 g/mol. The zero-order valence-corrected chi connectivity index (χ0v) is 29.4. The van der Waals surface area contributed by atoms with Gasteiger partial charge in [-0.25, -0.2) is 0 Å². The van der Waals surface area contributed by atoms with Crippen molar-refractivity contribution in [3.8, 4) is 0 Å². The zero-order chi connectivity index (χ0) is 33.5. The molecule has 0 spiro atoms. The Kier molecular flexibility index (Phi) is 27.1. The maximum atomic E-state index is 11.9. The highest BCUT2D eigenvalue weighted by molar-refractivity contribution is 5.70. The van der Waals surface area contributed by atoms with Gasteiger partial charge >= 0.3 is 11.9 Å². The number of unbranched alkanes of at least 4 members (excludes halogenated alkanes) is 8. The van der Waals surface area contributed by atoms with E-state index in [1.165, 1.54) is 44.9 Å². The van der Waals surface area contributed by atoms with Crippen molar-refractivity contribution in [1.29, 1.82) is 0 Å². The summed E-state index contributed by atoms with van der Waals surface area (Å²) in [5, 5.41) is 9.97. The Bertz CT molecular complexity index is 899. The van der Waals surface area contributed by atoms with Crippen LogP contribution in [-0.4, -0.2) is 48.6 Å². The van der Waals surface area contributed by atoms with E-state index in [2.05, 4.69) is 69.4 Å². The smallest absolute Gasteiger partial charge is 0.306 e. The summed E-state index contributed by atoms with van der Waals surface area (Å²) in [6.07, 6.45) is 40.4. The van der Waals surface area contributed by atoms with E-state index in [0.29, 0.717) is 25.0 Å². The zero-order valence-electron chi connectivity index (χ0n) is 29.4. The Morgan fingerprint density at radius 3 is 1.63 bits per heavy atom. The first-order valence-corrected chi connectivity index (χ1v) is 18.3. The number of hydrogen-bond acceptors (Lipinski definition) is 6. The van der Waals surface area contributed by atoms with Gasteiger partial charge in [0.25, 0.3) is 0 Å². The fourth-order valence-corrected chi connectivity index (χ4v) is 4.98. The molecule has 46 heavy (non-hydrogen) atoms. The molecule has 3 atom stereocenters. The number of esters is 2. The number of aliphatic hydroxyl groups excluding tert-OH is 1. The number of carbonyl (C=O) groups excluding carboxylic acids is 2. The van der Waals surface area contributed by atoms with Gasteiger partial charge < -0.3 is 19.3 Å². The van der Waals surface area contributed by atoms with Crippen molar-refractivity contribution in [2.45, 2.75) is 161 Å². The molecule has 1 saturated heterocycles. The van der Waals surface area contributed by atoms with Crippen LogP contribution in [0.2, 0.25) is 0 Å². The Morgan fingerprint density at radius 2 is 1.09 bits per heavy atom. The predicted molar refractivity (Wildman–Crippen MR) is 191 cm³/mol. The highest BCUT2D eigenvalue weighted by Crippen LogP contribution is 2.29. The lowest BCUT2D eigenvalue weighted by Crippen LogP contribution is -2.25. The maximum absolute atomic E-state index is 11.9. The van der Waals surface area contributed by atoms with Crippen molar-refractivity contribution >= 4 is 11.9 Å². The molecule has 1 aliphatic heterocycles. The van der Waals surface area contributed by atoms with Gasteiger partial charge in [0.05, 0.1) is 12.2 Å². The second-order valence-electron chi connectivity index (χ2n) is 12.8. The molecule has 1 heterocycles. The molecule has 0 bridgehead atoms. The first kappa shape index (κ1) is 41.6. The minimum atomic E-state index is -0.998. The molecule has 0 amide bonds. The van der Waals surface area contributed by atoms with Crippen LogP contribution in [0.25, 0.3) is 0 Å². The van der Waals surface area contributed by atoms with Crippen LogP contribution < -0.4 is 0 Å². The number of rotatable bonds is 30. The molecule has 1 N–H and O–H groups in total. The minimum absolute atomic E-state index is 0.144. The molecule has 6 nitrogen and oxygen atoms in total. The maximum Gasteiger partial charge on any atom is 0.306 e. The number of epoxide rings is 1. The van der Waals surface area contributed by atoms with Gasteiger partial charge in [-0.1, -0.05) is 139 Å². The van der Waals surface area contributed by atoms with E-state index in [9.17, 15) is 14.7 Å². The molecule has 0 aliphatic carbocycles. The van der Waals surface area contributed by atoms with Gasteiger partial charge in [-0.15, -0.1) is 0 Å². The van der Waals surface area contributed by atoms with Crippen molar-refractivity contribution in [1.82, 2.24) is 0 Å². The lowest BCUT2D eigenvalue weighted by Gasteiger charge is -2.12. The van der Waals surface area contributed by atoms with E-state index >= 15 is 0 Å². The van der Waals surface area contributed by atoms with Crippen LogP contribution >= 0.6 is 0 Å². The van der Waals surface area contributed by atoms with Gasteiger partial charge in [-0.05, 0) is 57.3 Å². The van der Waals surface area contributed by atoms with Gasteiger partial charge in [0.2, 0.25) is 0 Å². The van der Waals surface area contributed by atoms with Crippen LogP contribution in [0.15, 0.2) is 60.8 Å². The van der Waals surface area contributed by atoms with Gasteiger partial charge in [0, 0.05) is 12.8 Å². The number of hydrogen-bond donors (Lipinski definition) is 1. The van der Waals surface area contributed by atoms with E-state index < -0.39 is 6.10 Å². The predicted octanol–water partition coefficient (Wildman–Crippen LogP) is 10.1. The second kappa shape index (κ2) is 29.9. The molecule has 2 unspecified atom stereocenters. The number of allylic oxidation sites excluding steroid dienone is 8. The molecule has 262 valence electrons. The fraction of sp³-hybridized carbons (Fsp3) is 0.700. The average Bonchev–Trinajstić information content (AvgIpc) is 3.79. The van der Waals surface area contributed by atoms with E-state index in [0.717, 1.165) is 63.7 Å². The topological polar surface area (TPSA) is 85.4 Å². The summed E-state index contributed by atoms with van der Waals surface area (Å²) >= 11 is 0. The van der Waals surface area contributed by atoms with Gasteiger partial charge in [0.1, 0.15) is 19.3 Å². The first-order valence-electron chi connectivity index (χ1n) is 18.3. The van der Waals surface area contributed by atoms with Crippen molar-refractivity contribution in [2.24, 2.45) is 5.92 Å². The Labute approximate surface area is 281 Å². The third-order valence-corrected chi connectivity index (χ3v) is 7.86. The van der Waals surface area contributed by atoms with E-state index in [1.807, 2.05) is 12.2 Å². The molecule has 0 radical (unpaired) electrons. The average molecular weight is 643 g/mol. The molecule has 6 heteroatoms. The largest absolute Gasteiger partial charge is 0.463 e. The molecule has 0 aromatic heterocycles. The highest BCUT2D eigenvalue weighted by Gasteiger charge is 2.35. The van der Waals surface area contributed by atoms with E-state index in [1.54, 1.807) is 0 Å². The van der Waals surface area contributed by atoms with Crippen LogP contribution in [0.4, 0.5) is 0 Å². The van der Waals surface area contributed by atoms with Crippen LogP contribution in [0.3, 0.4) is 0 Å². The van der Waals surface area contributed by atoms with Crippen molar-refractivity contribution in [2.75, 3.05) is 13.2 Å². The van der Waals surface area contributed by atoms with Crippen molar-refractivity contribution in [3.63, 3.8) is 0 Å². The lowest BCUT2D eigenvalue weighted by molar-refractivity contribution is -0.152. The molecular formula is C40H66O6. The monoisotopic (exact) mass is 642 g/mol. The summed E-state index contributed by atoms with van der Waals surface area (Å²) < 4.78 is 15.9. The Balaban J connectivity index is 1.90. The van der Waals surface area contributed by atoms with Crippen LogP contribution in [0, 0.1) is 5.92 Å². The SMILES string of the molecule is CC/C=C\CC1OC1C/C=C\C/C=C\C/C=C\C/C=C\CCC(=O)OC[C@@H](O)COC(=O)CCCCCCCCCCCC(C)C. The molecule has 0 aromatic rings. The first-order chi connectivity index (χ1) is 22.4. The van der Waals surface area contributed by atoms with Crippen molar-refractivity contribution < 1.29 is 28.9 Å². The molecule has 0 aromatic carbocycles. The number of carbonyl (C=O) groups is 2. The van der Waals surface area contributed by atoms with E-state index in [4.69, 9.17) is 14.2 Å². The molecule has 1 rings (SSSR count). The summed E-state index contributed by atoms with van der Waals surface area (Å²) in [4.78, 5) is 23.8. The third kappa shape index (κ3) is 27.8. The van der Waals surface area contributed by atoms with E-state index in [-0.39, 0.29) is 31.6 Å². The molecule has 0 saturated carbocycles. The van der Waals surface area contributed by atoms with Crippen LogP contribution in [0.1, 0.15) is 143 Å². The quantitative estimate of drug-likeness (QED) is 0.0363.